The highest BCUT2D eigenvalue weighted by molar-refractivity contribution is 7.99. The number of H-pyrrole nitrogens is 1. The normalized spacial score (nSPS) is 12.6. The number of fused-ring (bicyclic) bond motifs is 1. The lowest BCUT2D eigenvalue weighted by molar-refractivity contribution is 0.102. The van der Waals surface area contributed by atoms with Crippen LogP contribution in [0.25, 0.3) is 16.6 Å². The van der Waals surface area contributed by atoms with Crippen LogP contribution in [0.5, 0.6) is 0 Å². The summed E-state index contributed by atoms with van der Waals surface area (Å²) in [5, 5.41) is 10.3. The molecule has 8 heteroatoms. The molecule has 0 aliphatic carbocycles. The fourth-order valence-corrected chi connectivity index (χ4v) is 4.50. The van der Waals surface area contributed by atoms with Crippen LogP contribution in [-0.4, -0.2) is 50.3 Å². The number of nitrogens with one attached hydrogen (secondary N) is 1. The minimum absolute atomic E-state index is 0.0151. The first kappa shape index (κ1) is 22.2. The maximum Gasteiger partial charge on any atom is 0.196 e. The van der Waals surface area contributed by atoms with E-state index in [2.05, 4.69) is 28.2 Å². The Hall–Kier alpha value is -2.97. The van der Waals surface area contributed by atoms with Crippen LogP contribution < -0.4 is 0 Å². The second-order valence-electron chi connectivity index (χ2n) is 7.90. The quantitative estimate of drug-likeness (QED) is 0.300. The van der Waals surface area contributed by atoms with Gasteiger partial charge in [-0.3, -0.25) is 14.3 Å². The fourth-order valence-electron chi connectivity index (χ4n) is 3.66. The lowest BCUT2D eigenvalue weighted by Crippen LogP contribution is -2.20. The molecule has 1 unspecified atom stereocenters. The average Bonchev–Trinajstić information content (AvgIpc) is 3.41. The third-order valence-electron chi connectivity index (χ3n) is 5.71. The van der Waals surface area contributed by atoms with Crippen LogP contribution in [-0.2, 0) is 6.42 Å². The Balaban J connectivity index is 1.63. The van der Waals surface area contributed by atoms with Crippen molar-refractivity contribution in [2.24, 2.45) is 0 Å². The van der Waals surface area contributed by atoms with Crippen LogP contribution in [0.2, 0.25) is 0 Å². The number of Topliss-reactive ketones (excluding diaryl/α,β-unsaturated/α-hetero) is 1. The highest BCUT2D eigenvalue weighted by Gasteiger charge is 2.22. The fraction of sp³-hybridized carbons (Fsp3) is 0.292. The molecular formula is C24H26FN5OS. The van der Waals surface area contributed by atoms with Crippen molar-refractivity contribution in [3.63, 3.8) is 0 Å². The van der Waals surface area contributed by atoms with E-state index in [4.69, 9.17) is 0 Å². The van der Waals surface area contributed by atoms with Crippen molar-refractivity contribution in [1.29, 1.82) is 0 Å². The lowest BCUT2D eigenvalue weighted by Gasteiger charge is -2.20. The number of nitrogens with zero attached hydrogens (tertiary/aromatic N) is 4. The highest BCUT2D eigenvalue weighted by atomic mass is 32.2. The summed E-state index contributed by atoms with van der Waals surface area (Å²) in [4.78, 5) is 18.4. The summed E-state index contributed by atoms with van der Waals surface area (Å²) in [6.07, 6.45) is 2.69. The minimum Gasteiger partial charge on any atom is -0.360 e. The van der Waals surface area contributed by atoms with Crippen LogP contribution in [0.4, 0.5) is 4.39 Å². The van der Waals surface area contributed by atoms with E-state index in [1.54, 1.807) is 18.3 Å². The van der Waals surface area contributed by atoms with Gasteiger partial charge in [0.05, 0.1) is 11.8 Å². The molecule has 2 aromatic carbocycles. The number of ketones is 1. The van der Waals surface area contributed by atoms with E-state index in [1.807, 2.05) is 42.6 Å². The van der Waals surface area contributed by atoms with Crippen LogP contribution >= 0.6 is 11.8 Å². The van der Waals surface area contributed by atoms with Gasteiger partial charge in [0, 0.05) is 28.4 Å². The number of thioether (sulfide) groups is 1. The molecule has 1 N–H and O–H groups in total. The van der Waals surface area contributed by atoms with Crippen LogP contribution in [0.3, 0.4) is 0 Å². The van der Waals surface area contributed by atoms with Gasteiger partial charge in [0.25, 0.3) is 0 Å². The molecule has 4 rings (SSSR count). The second kappa shape index (κ2) is 9.26. The third kappa shape index (κ3) is 4.20. The smallest absolute Gasteiger partial charge is 0.196 e. The Bertz CT molecular complexity index is 1250. The molecule has 0 fully saturated rings. The summed E-state index contributed by atoms with van der Waals surface area (Å²) in [5.41, 5.74) is 3.64. The Labute approximate surface area is 190 Å². The molecule has 0 spiro atoms. The minimum atomic E-state index is -0.306. The van der Waals surface area contributed by atoms with Crippen molar-refractivity contribution in [1.82, 2.24) is 24.6 Å². The van der Waals surface area contributed by atoms with Gasteiger partial charge in [-0.15, -0.1) is 10.2 Å². The number of carbonyl (C=O) groups excluding carboxylic acids is 1. The van der Waals surface area contributed by atoms with Crippen molar-refractivity contribution in [2.75, 3.05) is 19.8 Å². The summed E-state index contributed by atoms with van der Waals surface area (Å²) in [7, 11) is 3.93. The molecule has 0 aliphatic rings. The molecule has 4 aromatic rings. The molecule has 2 heterocycles. The first-order valence-corrected chi connectivity index (χ1v) is 11.5. The van der Waals surface area contributed by atoms with E-state index in [9.17, 15) is 9.18 Å². The zero-order valence-electron chi connectivity index (χ0n) is 18.6. The number of aromatic amines is 1. The number of aryl methyl sites for hydroxylation is 1. The first-order chi connectivity index (χ1) is 15.4. The summed E-state index contributed by atoms with van der Waals surface area (Å²) in [6, 6.07) is 12.2. The largest absolute Gasteiger partial charge is 0.360 e. The molecule has 1 atom stereocenters. The summed E-state index contributed by atoms with van der Waals surface area (Å²) < 4.78 is 15.4. The topological polar surface area (TPSA) is 66.8 Å². The predicted molar refractivity (Wildman–Crippen MR) is 126 cm³/mol. The van der Waals surface area contributed by atoms with E-state index in [0.717, 1.165) is 28.8 Å². The highest BCUT2D eigenvalue weighted by Crippen LogP contribution is 2.29. The summed E-state index contributed by atoms with van der Waals surface area (Å²) in [6.45, 7) is 4.13. The van der Waals surface area contributed by atoms with Gasteiger partial charge in [-0.05, 0) is 57.3 Å². The molecule has 0 saturated heterocycles. The molecule has 2 aromatic heterocycles. The van der Waals surface area contributed by atoms with Crippen LogP contribution in [0.1, 0.15) is 41.6 Å². The number of aromatic nitrogens is 4. The summed E-state index contributed by atoms with van der Waals surface area (Å²) >= 11 is 1.33. The van der Waals surface area contributed by atoms with Gasteiger partial charge in [0.1, 0.15) is 5.82 Å². The van der Waals surface area contributed by atoms with E-state index >= 15 is 0 Å². The molecule has 0 amide bonds. The average molecular weight is 452 g/mol. The zero-order valence-corrected chi connectivity index (χ0v) is 19.4. The van der Waals surface area contributed by atoms with Crippen molar-refractivity contribution in [2.45, 2.75) is 31.5 Å². The van der Waals surface area contributed by atoms with Gasteiger partial charge in [-0.1, -0.05) is 36.9 Å². The van der Waals surface area contributed by atoms with Crippen molar-refractivity contribution in [3.05, 3.63) is 71.4 Å². The predicted octanol–water partition coefficient (Wildman–Crippen LogP) is 5.05. The molecule has 32 heavy (non-hydrogen) atoms. The molecule has 0 bridgehead atoms. The van der Waals surface area contributed by atoms with Gasteiger partial charge in [-0.25, -0.2) is 4.39 Å². The molecule has 0 saturated carbocycles. The van der Waals surface area contributed by atoms with Crippen LogP contribution in [0.15, 0.2) is 53.8 Å². The van der Waals surface area contributed by atoms with E-state index in [-0.39, 0.29) is 23.4 Å². The number of hydrogen-bond acceptors (Lipinski definition) is 5. The third-order valence-corrected chi connectivity index (χ3v) is 6.64. The molecular weight excluding hydrogens is 425 g/mol. The Kier molecular flexibility index (Phi) is 6.43. The van der Waals surface area contributed by atoms with Gasteiger partial charge in [-0.2, -0.15) is 0 Å². The Morgan fingerprint density at radius 2 is 1.94 bits per heavy atom. The number of rotatable bonds is 8. The van der Waals surface area contributed by atoms with Crippen molar-refractivity contribution in [3.8, 4) is 5.69 Å². The van der Waals surface area contributed by atoms with Gasteiger partial charge < -0.3 is 4.98 Å². The maximum atomic E-state index is 13.5. The Morgan fingerprint density at radius 3 is 2.62 bits per heavy atom. The van der Waals surface area contributed by atoms with E-state index in [1.165, 1.54) is 29.5 Å². The van der Waals surface area contributed by atoms with Crippen molar-refractivity contribution >= 4 is 28.4 Å². The molecule has 166 valence electrons. The van der Waals surface area contributed by atoms with Gasteiger partial charge in [0.15, 0.2) is 16.8 Å². The molecule has 0 aliphatic heterocycles. The standard InChI is InChI=1S/C24H26FN5OS/c1-5-16-7-6-8-19-20(13-26-22(16)19)21(31)14-32-24-28-27-23(15(2)29(3)4)30(24)18-11-9-17(25)10-12-18/h6-13,15,26H,5,14H2,1-4H3. The number of benzene rings is 2. The zero-order chi connectivity index (χ0) is 22.8. The number of para-hydroxylation sites is 1. The van der Waals surface area contributed by atoms with E-state index < -0.39 is 0 Å². The first-order valence-electron chi connectivity index (χ1n) is 10.5. The summed E-state index contributed by atoms with van der Waals surface area (Å²) in [5.74, 6) is 0.666. The number of hydrogen-bond donors (Lipinski definition) is 1. The lowest BCUT2D eigenvalue weighted by atomic mass is 10.1. The Morgan fingerprint density at radius 1 is 1.19 bits per heavy atom. The molecule has 6 nitrogen and oxygen atoms in total. The molecule has 0 radical (unpaired) electrons. The van der Waals surface area contributed by atoms with Crippen molar-refractivity contribution < 1.29 is 9.18 Å². The second-order valence-corrected chi connectivity index (χ2v) is 8.84. The number of halogens is 1. The van der Waals surface area contributed by atoms with E-state index in [0.29, 0.717) is 10.7 Å². The van der Waals surface area contributed by atoms with Crippen LogP contribution in [0, 0.1) is 5.82 Å². The monoisotopic (exact) mass is 451 g/mol. The van der Waals surface area contributed by atoms with Gasteiger partial charge in [0.2, 0.25) is 0 Å². The SMILES string of the molecule is CCc1cccc2c(C(=O)CSc3nnc(C(C)N(C)C)n3-c3ccc(F)cc3)c[nH]c12. The van der Waals surface area contributed by atoms with Gasteiger partial charge >= 0.3 is 0 Å². The number of carbonyl (C=O) groups is 1. The maximum absolute atomic E-state index is 13.5.